The maximum absolute atomic E-state index is 12.4. The Bertz CT molecular complexity index is 866. The van der Waals surface area contributed by atoms with Crippen molar-refractivity contribution < 1.29 is 13.2 Å². The summed E-state index contributed by atoms with van der Waals surface area (Å²) in [6.07, 6.45) is 0.208. The number of rotatable bonds is 3. The molecule has 0 bridgehead atoms. The maximum atomic E-state index is 12.4. The third-order valence-corrected chi connectivity index (χ3v) is 5.41. The maximum Gasteiger partial charge on any atom is 0.261 e. The molecule has 0 spiro atoms. The fourth-order valence-electron chi connectivity index (χ4n) is 2.14. The summed E-state index contributed by atoms with van der Waals surface area (Å²) in [5, 5.41) is 2.88. The Morgan fingerprint density at radius 3 is 2.55 bits per heavy atom. The third kappa shape index (κ3) is 2.97. The Labute approximate surface area is 140 Å². The lowest BCUT2D eigenvalue weighted by atomic mass is 10.1. The van der Waals surface area contributed by atoms with E-state index in [9.17, 15) is 13.2 Å². The van der Waals surface area contributed by atoms with Crippen LogP contribution >= 0.6 is 27.5 Å². The van der Waals surface area contributed by atoms with Gasteiger partial charge in [0.25, 0.3) is 10.0 Å². The number of anilines is 2. The molecular weight excluding hydrogens is 392 g/mol. The monoisotopic (exact) mass is 400 g/mol. The minimum atomic E-state index is -3.74. The van der Waals surface area contributed by atoms with Crippen molar-refractivity contribution in [3.05, 3.63) is 51.5 Å². The summed E-state index contributed by atoms with van der Waals surface area (Å²) in [7, 11) is -3.74. The molecule has 1 heterocycles. The first-order valence-electron chi connectivity index (χ1n) is 6.26. The molecule has 8 heteroatoms. The number of benzene rings is 2. The van der Waals surface area contributed by atoms with Crippen molar-refractivity contribution in [1.82, 2.24) is 0 Å². The number of carbonyl (C=O) groups is 1. The highest BCUT2D eigenvalue weighted by atomic mass is 79.9. The van der Waals surface area contributed by atoms with Gasteiger partial charge in [0.1, 0.15) is 0 Å². The van der Waals surface area contributed by atoms with Gasteiger partial charge in [-0.15, -0.1) is 0 Å². The minimum Gasteiger partial charge on any atom is -0.325 e. The lowest BCUT2D eigenvalue weighted by Crippen LogP contribution is -2.13. The number of carbonyl (C=O) groups excluding carboxylic acids is 1. The van der Waals surface area contributed by atoms with Crippen LogP contribution in [0.1, 0.15) is 5.56 Å². The summed E-state index contributed by atoms with van der Waals surface area (Å²) in [6.45, 7) is 0. The Morgan fingerprint density at radius 1 is 1.18 bits per heavy atom. The van der Waals surface area contributed by atoms with Crippen LogP contribution in [0.4, 0.5) is 11.4 Å². The van der Waals surface area contributed by atoms with E-state index in [-0.39, 0.29) is 27.9 Å². The van der Waals surface area contributed by atoms with Crippen LogP contribution in [0.2, 0.25) is 5.02 Å². The van der Waals surface area contributed by atoms with Crippen molar-refractivity contribution in [2.45, 2.75) is 11.3 Å². The van der Waals surface area contributed by atoms with E-state index in [0.717, 1.165) is 4.47 Å². The molecule has 2 aromatic rings. The molecule has 1 amide bonds. The summed E-state index contributed by atoms with van der Waals surface area (Å²) in [4.78, 5) is 11.5. The standard InChI is InChI=1S/C14H10BrClN2O3S/c15-9-1-3-10(4-2-9)22(20,21)18-13-5-8-6-14(19)17-12(8)7-11(13)16/h1-5,7,18H,6H2,(H,17,19). The Hall–Kier alpha value is -1.57. The second kappa shape index (κ2) is 5.57. The van der Waals surface area contributed by atoms with Crippen molar-refractivity contribution in [2.24, 2.45) is 0 Å². The molecule has 5 nitrogen and oxygen atoms in total. The zero-order valence-electron chi connectivity index (χ0n) is 11.1. The first-order valence-corrected chi connectivity index (χ1v) is 8.91. The molecule has 22 heavy (non-hydrogen) atoms. The molecule has 2 aromatic carbocycles. The van der Waals surface area contributed by atoms with E-state index in [0.29, 0.717) is 11.3 Å². The average Bonchev–Trinajstić information content (AvgIpc) is 2.78. The molecule has 114 valence electrons. The molecule has 0 aromatic heterocycles. The van der Waals surface area contributed by atoms with Gasteiger partial charge in [0.15, 0.2) is 0 Å². The van der Waals surface area contributed by atoms with Crippen LogP contribution in [0.5, 0.6) is 0 Å². The third-order valence-electron chi connectivity index (χ3n) is 3.19. The first-order chi connectivity index (χ1) is 10.3. The minimum absolute atomic E-state index is 0.126. The number of sulfonamides is 1. The highest BCUT2D eigenvalue weighted by Crippen LogP contribution is 2.34. The van der Waals surface area contributed by atoms with E-state index >= 15 is 0 Å². The number of amides is 1. The molecule has 0 radical (unpaired) electrons. The summed E-state index contributed by atoms with van der Waals surface area (Å²) in [6, 6.07) is 9.37. The van der Waals surface area contributed by atoms with Gasteiger partial charge in [-0.05, 0) is 42.0 Å². The molecule has 0 unspecified atom stereocenters. The fourth-order valence-corrected chi connectivity index (χ4v) is 3.75. The predicted molar refractivity (Wildman–Crippen MR) is 88.7 cm³/mol. The van der Waals surface area contributed by atoms with Crippen molar-refractivity contribution in [3.63, 3.8) is 0 Å². The second-order valence-corrected chi connectivity index (χ2v) is 7.78. The van der Waals surface area contributed by atoms with E-state index in [1.165, 1.54) is 12.1 Å². The van der Waals surface area contributed by atoms with E-state index < -0.39 is 10.0 Å². The van der Waals surface area contributed by atoms with Crippen molar-refractivity contribution >= 4 is 54.8 Å². The van der Waals surface area contributed by atoms with E-state index in [2.05, 4.69) is 26.0 Å². The van der Waals surface area contributed by atoms with Crippen LogP contribution < -0.4 is 10.0 Å². The molecule has 3 rings (SSSR count). The van der Waals surface area contributed by atoms with Crippen molar-refractivity contribution in [1.29, 1.82) is 0 Å². The number of hydrogen-bond donors (Lipinski definition) is 2. The van der Waals surface area contributed by atoms with Crippen LogP contribution in [0.25, 0.3) is 0 Å². The highest BCUT2D eigenvalue weighted by Gasteiger charge is 2.22. The molecule has 1 aliphatic rings. The molecule has 0 aliphatic carbocycles. The molecule has 1 aliphatic heterocycles. The second-order valence-electron chi connectivity index (χ2n) is 4.77. The summed E-state index contributed by atoms with van der Waals surface area (Å²) in [5.41, 5.74) is 1.57. The summed E-state index contributed by atoms with van der Waals surface area (Å²) < 4.78 is 28.0. The smallest absolute Gasteiger partial charge is 0.261 e. The zero-order valence-corrected chi connectivity index (χ0v) is 14.2. The van der Waals surface area contributed by atoms with E-state index in [4.69, 9.17) is 11.6 Å². The van der Waals surface area contributed by atoms with Gasteiger partial charge in [-0.25, -0.2) is 8.42 Å². The van der Waals surface area contributed by atoms with Crippen LogP contribution in [0.15, 0.2) is 45.8 Å². The largest absolute Gasteiger partial charge is 0.325 e. The van der Waals surface area contributed by atoms with Gasteiger partial charge in [-0.3, -0.25) is 9.52 Å². The molecular formula is C14H10BrClN2O3S. The van der Waals surface area contributed by atoms with Gasteiger partial charge in [0, 0.05) is 10.2 Å². The lowest BCUT2D eigenvalue weighted by molar-refractivity contribution is -0.115. The van der Waals surface area contributed by atoms with Crippen LogP contribution in [0, 0.1) is 0 Å². The van der Waals surface area contributed by atoms with Gasteiger partial charge in [0.05, 0.1) is 22.0 Å². The average molecular weight is 402 g/mol. The van der Waals surface area contributed by atoms with E-state index in [1.54, 1.807) is 24.3 Å². The predicted octanol–water partition coefficient (Wildman–Crippen LogP) is 3.40. The number of halogens is 2. The molecule has 0 fully saturated rings. The summed E-state index contributed by atoms with van der Waals surface area (Å²) in [5.74, 6) is -0.140. The molecule has 2 N–H and O–H groups in total. The number of nitrogens with one attached hydrogen (secondary N) is 2. The van der Waals surface area contributed by atoms with Gasteiger partial charge in [-0.1, -0.05) is 27.5 Å². The lowest BCUT2D eigenvalue weighted by Gasteiger charge is -2.11. The normalized spacial score (nSPS) is 13.6. The number of fused-ring (bicyclic) bond motifs is 1. The quantitative estimate of drug-likeness (QED) is 0.828. The fraction of sp³-hybridized carbons (Fsp3) is 0.0714. The Kier molecular flexibility index (Phi) is 3.88. The SMILES string of the molecule is O=C1Cc2cc(NS(=O)(=O)c3ccc(Br)cc3)c(Cl)cc2N1. The first kappa shape index (κ1) is 15.3. The topological polar surface area (TPSA) is 75.3 Å². The van der Waals surface area contributed by atoms with Crippen molar-refractivity contribution in [2.75, 3.05) is 10.0 Å². The Balaban J connectivity index is 1.95. The highest BCUT2D eigenvalue weighted by molar-refractivity contribution is 9.10. The molecule has 0 saturated heterocycles. The van der Waals surface area contributed by atoms with Crippen LogP contribution in [-0.2, 0) is 21.2 Å². The van der Waals surface area contributed by atoms with Gasteiger partial charge in [-0.2, -0.15) is 0 Å². The molecule has 0 atom stereocenters. The van der Waals surface area contributed by atoms with Gasteiger partial charge >= 0.3 is 0 Å². The van der Waals surface area contributed by atoms with E-state index in [1.807, 2.05) is 0 Å². The van der Waals surface area contributed by atoms with Crippen LogP contribution in [0.3, 0.4) is 0 Å². The van der Waals surface area contributed by atoms with Crippen LogP contribution in [-0.4, -0.2) is 14.3 Å². The molecule has 0 saturated carbocycles. The Morgan fingerprint density at radius 2 is 1.86 bits per heavy atom. The van der Waals surface area contributed by atoms with Crippen molar-refractivity contribution in [3.8, 4) is 0 Å². The summed E-state index contributed by atoms with van der Waals surface area (Å²) >= 11 is 9.34. The van der Waals surface area contributed by atoms with Gasteiger partial charge < -0.3 is 5.32 Å². The van der Waals surface area contributed by atoms with Gasteiger partial charge in [0.2, 0.25) is 5.91 Å². The zero-order chi connectivity index (χ0) is 15.9. The number of hydrogen-bond acceptors (Lipinski definition) is 3.